The Bertz CT molecular complexity index is 702. The zero-order chi connectivity index (χ0) is 17.2. The molecule has 0 radical (unpaired) electrons. The van der Waals surface area contributed by atoms with Crippen LogP contribution >= 0.6 is 0 Å². The largest absolute Gasteiger partial charge is 0.488 e. The van der Waals surface area contributed by atoms with Crippen LogP contribution in [0.25, 0.3) is 0 Å². The molecule has 0 bridgehead atoms. The Morgan fingerprint density at radius 3 is 2.67 bits per heavy atom. The van der Waals surface area contributed by atoms with Gasteiger partial charge in [-0.15, -0.1) is 3.89 Å². The van der Waals surface area contributed by atoms with E-state index < -0.39 is 21.9 Å². The van der Waals surface area contributed by atoms with E-state index in [9.17, 15) is 17.1 Å². The van der Waals surface area contributed by atoms with Gasteiger partial charge in [0, 0.05) is 31.7 Å². The lowest BCUT2D eigenvalue weighted by Gasteiger charge is -2.26. The van der Waals surface area contributed by atoms with Gasteiger partial charge >= 0.3 is 10.2 Å². The average Bonchev–Trinajstić information content (AvgIpc) is 2.87. The van der Waals surface area contributed by atoms with Gasteiger partial charge in [0.15, 0.2) is 0 Å². The highest BCUT2D eigenvalue weighted by atomic mass is 32.3. The summed E-state index contributed by atoms with van der Waals surface area (Å²) in [5.41, 5.74) is 0.604. The summed E-state index contributed by atoms with van der Waals surface area (Å²) in [6.45, 7) is 1.47. The Kier molecular flexibility index (Phi) is 5.05. The number of amides is 1. The molecule has 6 nitrogen and oxygen atoms in total. The molecule has 24 heavy (non-hydrogen) atoms. The predicted octanol–water partition coefficient (Wildman–Crippen LogP) is 1.90. The SMILES string of the molecule is O=C1CC(CS(=O)(=O)F)CN1c1ccccc1OC1CCOCC1. The van der Waals surface area contributed by atoms with Crippen molar-refractivity contribution in [3.05, 3.63) is 24.3 Å². The Morgan fingerprint density at radius 2 is 1.96 bits per heavy atom. The third kappa shape index (κ3) is 4.24. The first-order valence-corrected chi connectivity index (χ1v) is 9.54. The van der Waals surface area contributed by atoms with Gasteiger partial charge in [-0.25, -0.2) is 0 Å². The predicted molar refractivity (Wildman–Crippen MR) is 86.3 cm³/mol. The Hall–Kier alpha value is -1.67. The molecule has 2 aliphatic heterocycles. The molecule has 2 aliphatic rings. The summed E-state index contributed by atoms with van der Waals surface area (Å²) in [5, 5.41) is 0. The summed E-state index contributed by atoms with van der Waals surface area (Å²) < 4.78 is 45.9. The lowest BCUT2D eigenvalue weighted by atomic mass is 10.1. The highest BCUT2D eigenvalue weighted by Crippen LogP contribution is 2.34. The van der Waals surface area contributed by atoms with Crippen molar-refractivity contribution >= 4 is 21.8 Å². The zero-order valence-electron chi connectivity index (χ0n) is 13.2. The number of rotatable bonds is 5. The maximum atomic E-state index is 12.9. The molecule has 3 rings (SSSR count). The molecule has 2 fully saturated rings. The number of carbonyl (C=O) groups excluding carboxylic acids is 1. The molecule has 1 aromatic carbocycles. The number of halogens is 1. The van der Waals surface area contributed by atoms with Gasteiger partial charge in [0.1, 0.15) is 11.9 Å². The fourth-order valence-electron chi connectivity index (χ4n) is 3.16. The topological polar surface area (TPSA) is 72.9 Å². The van der Waals surface area contributed by atoms with E-state index >= 15 is 0 Å². The molecule has 0 aromatic heterocycles. The van der Waals surface area contributed by atoms with Crippen molar-refractivity contribution in [2.24, 2.45) is 5.92 Å². The number of carbonyl (C=O) groups is 1. The molecule has 2 heterocycles. The minimum Gasteiger partial charge on any atom is -0.488 e. The van der Waals surface area contributed by atoms with Gasteiger partial charge in [0.05, 0.1) is 24.7 Å². The van der Waals surface area contributed by atoms with Crippen molar-refractivity contribution in [1.82, 2.24) is 0 Å². The van der Waals surface area contributed by atoms with Gasteiger partial charge in [0.25, 0.3) is 0 Å². The average molecular weight is 357 g/mol. The normalized spacial score (nSPS) is 22.8. The molecule has 8 heteroatoms. The smallest absolute Gasteiger partial charge is 0.302 e. The van der Waals surface area contributed by atoms with E-state index in [1.165, 1.54) is 4.90 Å². The second-order valence-corrected chi connectivity index (χ2v) is 7.59. The minimum atomic E-state index is -4.59. The first kappa shape index (κ1) is 17.2. The molecule has 2 saturated heterocycles. The van der Waals surface area contributed by atoms with Crippen LogP contribution in [-0.4, -0.2) is 45.9 Å². The molecular weight excluding hydrogens is 337 g/mol. The van der Waals surface area contributed by atoms with E-state index in [-0.39, 0.29) is 25.0 Å². The van der Waals surface area contributed by atoms with Gasteiger partial charge < -0.3 is 14.4 Å². The number of anilines is 1. The van der Waals surface area contributed by atoms with Gasteiger partial charge in [0.2, 0.25) is 5.91 Å². The highest BCUT2D eigenvalue weighted by molar-refractivity contribution is 7.86. The zero-order valence-corrected chi connectivity index (χ0v) is 14.0. The van der Waals surface area contributed by atoms with Crippen LogP contribution in [-0.2, 0) is 19.8 Å². The molecule has 132 valence electrons. The third-order valence-corrected chi connectivity index (χ3v) is 5.13. The van der Waals surface area contributed by atoms with Crippen molar-refractivity contribution < 1.29 is 26.6 Å². The van der Waals surface area contributed by atoms with E-state index in [4.69, 9.17) is 9.47 Å². The van der Waals surface area contributed by atoms with Crippen LogP contribution in [0.5, 0.6) is 5.75 Å². The summed E-state index contributed by atoms with van der Waals surface area (Å²) in [7, 11) is -4.59. The van der Waals surface area contributed by atoms with Crippen LogP contribution < -0.4 is 9.64 Å². The van der Waals surface area contributed by atoms with E-state index in [0.29, 0.717) is 24.7 Å². The van der Waals surface area contributed by atoms with Crippen LogP contribution in [0.3, 0.4) is 0 Å². The molecule has 0 aliphatic carbocycles. The molecule has 1 aromatic rings. The maximum absolute atomic E-state index is 12.9. The fourth-order valence-corrected chi connectivity index (χ4v) is 3.95. The lowest BCUT2D eigenvalue weighted by Crippen LogP contribution is -2.29. The highest BCUT2D eigenvalue weighted by Gasteiger charge is 2.35. The molecule has 0 spiro atoms. The number of ether oxygens (including phenoxy) is 2. The van der Waals surface area contributed by atoms with Crippen LogP contribution in [0.4, 0.5) is 9.57 Å². The van der Waals surface area contributed by atoms with E-state index in [1.54, 1.807) is 18.2 Å². The molecular formula is C16H20FNO5S. The van der Waals surface area contributed by atoms with Crippen LogP contribution in [0.15, 0.2) is 24.3 Å². The molecule has 1 amide bonds. The molecule has 0 N–H and O–H groups in total. The van der Waals surface area contributed by atoms with Crippen molar-refractivity contribution in [3.8, 4) is 5.75 Å². The number of para-hydroxylation sites is 2. The third-order valence-electron chi connectivity index (χ3n) is 4.26. The van der Waals surface area contributed by atoms with Crippen LogP contribution in [0.2, 0.25) is 0 Å². The van der Waals surface area contributed by atoms with Crippen molar-refractivity contribution in [1.29, 1.82) is 0 Å². The van der Waals surface area contributed by atoms with Crippen LogP contribution in [0.1, 0.15) is 19.3 Å². The minimum absolute atomic E-state index is 0.0226. The number of benzene rings is 1. The molecule has 1 atom stereocenters. The number of hydrogen-bond acceptors (Lipinski definition) is 5. The van der Waals surface area contributed by atoms with E-state index in [0.717, 1.165) is 12.8 Å². The quantitative estimate of drug-likeness (QED) is 0.753. The first-order chi connectivity index (χ1) is 11.4. The maximum Gasteiger partial charge on any atom is 0.302 e. The van der Waals surface area contributed by atoms with Crippen LogP contribution in [0, 0.1) is 5.92 Å². The second-order valence-electron chi connectivity index (χ2n) is 6.18. The molecule has 0 saturated carbocycles. The summed E-state index contributed by atoms with van der Waals surface area (Å²) in [6.07, 6.45) is 1.62. The second kappa shape index (κ2) is 7.06. The standard InChI is InChI=1S/C16H20FNO5S/c17-24(20,21)11-12-9-16(19)18(10-12)14-3-1-2-4-15(14)23-13-5-7-22-8-6-13/h1-4,12-13H,5-11H2. The first-order valence-electron chi connectivity index (χ1n) is 7.98. The van der Waals surface area contributed by atoms with E-state index in [2.05, 4.69) is 0 Å². The lowest BCUT2D eigenvalue weighted by molar-refractivity contribution is -0.117. The fraction of sp³-hybridized carbons (Fsp3) is 0.562. The summed E-state index contributed by atoms with van der Waals surface area (Å²) in [5.74, 6) is -0.796. The monoisotopic (exact) mass is 357 g/mol. The van der Waals surface area contributed by atoms with Gasteiger partial charge in [-0.2, -0.15) is 8.42 Å². The van der Waals surface area contributed by atoms with Crippen molar-refractivity contribution in [2.45, 2.75) is 25.4 Å². The molecule has 1 unspecified atom stereocenters. The number of hydrogen-bond donors (Lipinski definition) is 0. The van der Waals surface area contributed by atoms with Gasteiger partial charge in [-0.3, -0.25) is 4.79 Å². The summed E-state index contributed by atoms with van der Waals surface area (Å²) in [6, 6.07) is 7.16. The van der Waals surface area contributed by atoms with Crippen molar-refractivity contribution in [3.63, 3.8) is 0 Å². The number of nitrogens with zero attached hydrogens (tertiary/aromatic N) is 1. The Morgan fingerprint density at radius 1 is 1.25 bits per heavy atom. The Balaban J connectivity index is 1.75. The van der Waals surface area contributed by atoms with Crippen molar-refractivity contribution in [2.75, 3.05) is 30.4 Å². The summed E-state index contributed by atoms with van der Waals surface area (Å²) in [4.78, 5) is 13.7. The van der Waals surface area contributed by atoms with Gasteiger partial charge in [-0.1, -0.05) is 12.1 Å². The van der Waals surface area contributed by atoms with Gasteiger partial charge in [-0.05, 0) is 12.1 Å². The van der Waals surface area contributed by atoms with E-state index in [1.807, 2.05) is 6.07 Å². The summed E-state index contributed by atoms with van der Waals surface area (Å²) >= 11 is 0. The Labute approximate surface area is 140 Å².